The Morgan fingerprint density at radius 2 is 1.08 bits per heavy atom. The number of fused-ring (bicyclic) bond motifs is 6. The lowest BCUT2D eigenvalue weighted by Crippen LogP contribution is -1.98. The second-order valence-corrected chi connectivity index (χ2v) is 13.4. The summed E-state index contributed by atoms with van der Waals surface area (Å²) in [6.45, 7) is 0. The molecule has 246 valence electrons. The zero-order chi connectivity index (χ0) is 41.8. The Labute approximate surface area is 319 Å². The Kier molecular flexibility index (Phi) is 5.07. The topological polar surface area (TPSA) is 9.23 Å². The van der Waals surface area contributed by atoms with E-state index in [-0.39, 0.29) is 35.8 Å². The highest BCUT2D eigenvalue weighted by Gasteiger charge is 2.23. The van der Waals surface area contributed by atoms with Gasteiger partial charge in [0.2, 0.25) is 0 Å². The first-order chi connectivity index (χ1) is 29.6. The molecule has 1 heterocycles. The zero-order valence-corrected chi connectivity index (χ0v) is 28.3. The van der Waals surface area contributed by atoms with Crippen molar-refractivity contribution in [3.63, 3.8) is 0 Å². The van der Waals surface area contributed by atoms with Crippen LogP contribution < -0.4 is 4.74 Å². The van der Waals surface area contributed by atoms with Crippen molar-refractivity contribution in [3.05, 3.63) is 194 Å². The van der Waals surface area contributed by atoms with E-state index in [1.54, 1.807) is 12.1 Å². The molecule has 10 aromatic carbocycles. The summed E-state index contributed by atoms with van der Waals surface area (Å²) >= 11 is 0. The average molecular weight is 681 g/mol. The molecule has 1 nitrogen and oxygen atoms in total. The minimum absolute atomic E-state index is 0.0682. The second-order valence-electron chi connectivity index (χ2n) is 13.4. The fourth-order valence-electron chi connectivity index (χ4n) is 7.97. The van der Waals surface area contributed by atoms with E-state index in [1.807, 2.05) is 97.1 Å². The average Bonchev–Trinajstić information content (AvgIpc) is 3.28. The molecule has 0 radical (unpaired) electrons. The maximum Gasteiger partial charge on any atom is 0.135 e. The van der Waals surface area contributed by atoms with Crippen LogP contribution >= 0.6 is 0 Å². The predicted octanol–water partition coefficient (Wildman–Crippen LogP) is 14.7. The Balaban J connectivity index is 1.19. The third kappa shape index (κ3) is 4.79. The van der Waals surface area contributed by atoms with Gasteiger partial charge >= 0.3 is 0 Å². The molecule has 0 fully saturated rings. The van der Waals surface area contributed by atoms with Crippen molar-refractivity contribution in [2.75, 3.05) is 0 Å². The number of hydrogen-bond donors (Lipinski definition) is 0. The Morgan fingerprint density at radius 3 is 1.94 bits per heavy atom. The number of ether oxygens (including phenoxy) is 1. The highest BCUT2D eigenvalue weighted by Crippen LogP contribution is 2.50. The Bertz CT molecular complexity index is 3520. The van der Waals surface area contributed by atoms with E-state index in [0.29, 0.717) is 55.8 Å². The van der Waals surface area contributed by atoms with Crippen molar-refractivity contribution in [1.82, 2.24) is 0 Å². The van der Waals surface area contributed by atoms with E-state index in [2.05, 4.69) is 36.4 Å². The summed E-state index contributed by atoms with van der Waals surface area (Å²) in [6.07, 6.45) is 0. The fourth-order valence-corrected chi connectivity index (χ4v) is 7.97. The second kappa shape index (κ2) is 11.8. The van der Waals surface area contributed by atoms with Crippen LogP contribution in [0.2, 0.25) is 0 Å². The first kappa shape index (κ1) is 22.8. The third-order valence-corrected chi connectivity index (χ3v) is 10.4. The minimum Gasteiger partial charge on any atom is -0.456 e. The summed E-state index contributed by atoms with van der Waals surface area (Å²) in [4.78, 5) is 0. The van der Waals surface area contributed by atoms with Gasteiger partial charge in [0.05, 0.1) is 11.0 Å². The van der Waals surface area contributed by atoms with Crippen LogP contribution in [-0.4, -0.2) is 0 Å². The van der Waals surface area contributed by atoms with E-state index in [1.165, 1.54) is 0 Å². The number of hydrogen-bond acceptors (Lipinski definition) is 1. The molecule has 0 bridgehead atoms. The van der Waals surface area contributed by atoms with Gasteiger partial charge in [-0.2, -0.15) is 0 Å². The monoisotopic (exact) mass is 680 g/mol. The zero-order valence-electron chi connectivity index (χ0n) is 36.3. The number of benzene rings is 10. The van der Waals surface area contributed by atoms with E-state index in [4.69, 9.17) is 11.6 Å². The van der Waals surface area contributed by atoms with Crippen LogP contribution in [0.5, 0.6) is 11.5 Å². The van der Waals surface area contributed by atoms with Gasteiger partial charge in [0.15, 0.2) is 0 Å². The molecular formula is C52H32O. The molecule has 0 amide bonds. The first-order valence-electron chi connectivity index (χ1n) is 21.6. The molecule has 0 unspecified atom stereocenters. The van der Waals surface area contributed by atoms with Crippen LogP contribution in [0.3, 0.4) is 0 Å². The van der Waals surface area contributed by atoms with Gasteiger partial charge in [0, 0.05) is 10.9 Å². The fraction of sp³-hybridized carbons (Fsp3) is 0. The van der Waals surface area contributed by atoms with Crippen LogP contribution in [0.25, 0.3) is 98.7 Å². The van der Waals surface area contributed by atoms with Crippen molar-refractivity contribution in [2.24, 2.45) is 0 Å². The Morgan fingerprint density at radius 1 is 0.358 bits per heavy atom. The van der Waals surface area contributed by atoms with Crippen LogP contribution in [0.4, 0.5) is 0 Å². The molecule has 11 rings (SSSR count). The van der Waals surface area contributed by atoms with Gasteiger partial charge in [-0.3, -0.25) is 0 Å². The predicted molar refractivity (Wildman–Crippen MR) is 224 cm³/mol. The first-order valence-corrected chi connectivity index (χ1v) is 17.6. The van der Waals surface area contributed by atoms with E-state index in [0.717, 1.165) is 48.8 Å². The lowest BCUT2D eigenvalue weighted by molar-refractivity contribution is 0.487. The van der Waals surface area contributed by atoms with Crippen LogP contribution in [0, 0.1) is 0 Å². The lowest BCUT2D eigenvalue weighted by atomic mass is 9.86. The largest absolute Gasteiger partial charge is 0.456 e. The van der Waals surface area contributed by atoms with Gasteiger partial charge < -0.3 is 4.74 Å². The van der Waals surface area contributed by atoms with Crippen LogP contribution in [-0.2, 0) is 0 Å². The summed E-state index contributed by atoms with van der Waals surface area (Å²) in [7, 11) is 0. The summed E-state index contributed by atoms with van der Waals surface area (Å²) in [5.74, 6) is 1.14. The van der Waals surface area contributed by atoms with E-state index >= 15 is 0 Å². The molecule has 0 atom stereocenters. The van der Waals surface area contributed by atoms with Crippen LogP contribution in [0.1, 0.15) is 11.0 Å². The molecule has 0 aliphatic carbocycles. The molecule has 53 heavy (non-hydrogen) atoms. The molecule has 0 spiro atoms. The van der Waals surface area contributed by atoms with Crippen molar-refractivity contribution < 1.29 is 15.7 Å². The van der Waals surface area contributed by atoms with Crippen molar-refractivity contribution in [3.8, 4) is 67.1 Å². The molecule has 1 aliphatic heterocycles. The summed E-state index contributed by atoms with van der Waals surface area (Å²) < 4.78 is 78.7. The number of rotatable bonds is 4. The third-order valence-electron chi connectivity index (χ3n) is 10.4. The SMILES string of the molecule is [2H]c1c([2H])c([2H])c(-c2ccc3c4c(cccc24)-c2cc(-c4c([2H])c(-c5ccccc5)c([2H])c(-c5c6ccccc6cc6c5ccc5ccccc56)c4[2H])ccc2O3)c([2H])c1[2H]. The molecule has 1 aliphatic rings. The molecular weight excluding hydrogens is 641 g/mol. The van der Waals surface area contributed by atoms with Crippen molar-refractivity contribution >= 4 is 43.1 Å². The summed E-state index contributed by atoms with van der Waals surface area (Å²) in [5.41, 5.74) is 5.43. The molecule has 0 N–H and O–H groups in total. The molecule has 10 aromatic rings. The van der Waals surface area contributed by atoms with Crippen molar-refractivity contribution in [2.45, 2.75) is 0 Å². The molecule has 0 aromatic heterocycles. The minimum atomic E-state index is -0.451. The Hall–Kier alpha value is -6.96. The smallest absolute Gasteiger partial charge is 0.135 e. The summed E-state index contributed by atoms with van der Waals surface area (Å²) in [5, 5.41) is 7.37. The van der Waals surface area contributed by atoms with Gasteiger partial charge in [0.1, 0.15) is 11.5 Å². The van der Waals surface area contributed by atoms with Gasteiger partial charge in [-0.1, -0.05) is 152 Å². The van der Waals surface area contributed by atoms with Gasteiger partial charge in [0.25, 0.3) is 0 Å². The highest BCUT2D eigenvalue weighted by atomic mass is 16.5. The lowest BCUT2D eigenvalue weighted by Gasteiger charge is -2.23. The van der Waals surface area contributed by atoms with Gasteiger partial charge in [-0.15, -0.1) is 0 Å². The van der Waals surface area contributed by atoms with E-state index in [9.17, 15) is 4.11 Å². The van der Waals surface area contributed by atoms with Crippen LogP contribution in [0.15, 0.2) is 194 Å². The normalized spacial score (nSPS) is 14.0. The maximum atomic E-state index is 10.1. The molecule has 1 heteroatoms. The summed E-state index contributed by atoms with van der Waals surface area (Å²) in [6, 6.07) is 45.5. The quantitative estimate of drug-likeness (QED) is 0.133. The van der Waals surface area contributed by atoms with Gasteiger partial charge in [-0.05, 0) is 130 Å². The molecule has 0 saturated carbocycles. The molecule has 0 saturated heterocycles. The van der Waals surface area contributed by atoms with Crippen molar-refractivity contribution in [1.29, 1.82) is 0 Å². The highest BCUT2D eigenvalue weighted by molar-refractivity contribution is 6.20. The maximum absolute atomic E-state index is 10.1. The standard InChI is InChI=1S/C52H32O/c1-3-12-33(13-4-1)38-28-39(30-40(29-38)51-43-19-10-8-17-37(43)32-47-41-18-9-7-16-35(41)22-24-46(47)51)36-23-26-49-48(31-36)45-21-11-20-44-42(34-14-5-2-6-15-34)25-27-50(53-49)52(44)45/h1-32H/i2D,5D,6D,14D,15D,28D,29D,30D. The van der Waals surface area contributed by atoms with Gasteiger partial charge in [-0.25, -0.2) is 0 Å². The van der Waals surface area contributed by atoms with E-state index < -0.39 is 18.1 Å².